The van der Waals surface area contributed by atoms with Crippen molar-refractivity contribution in [2.75, 3.05) is 13.6 Å². The first kappa shape index (κ1) is 5.10. The third-order valence-corrected chi connectivity index (χ3v) is 1.33. The van der Waals surface area contributed by atoms with Crippen molar-refractivity contribution in [3.05, 3.63) is 7.05 Å². The zero-order valence-electron chi connectivity index (χ0n) is 4.91. The maximum Gasteiger partial charge on any atom is 0.0556 e. The summed E-state index contributed by atoms with van der Waals surface area (Å²) in [5.74, 6) is 1.03. The fourth-order valence-electron chi connectivity index (χ4n) is 0.815. The van der Waals surface area contributed by atoms with Gasteiger partial charge in [0.25, 0.3) is 0 Å². The normalized spacial score (nSPS) is 24.9. The minimum atomic E-state index is 1.03. The van der Waals surface area contributed by atoms with Crippen molar-refractivity contribution in [1.29, 1.82) is 0 Å². The van der Waals surface area contributed by atoms with E-state index in [1.807, 2.05) is 0 Å². The van der Waals surface area contributed by atoms with Gasteiger partial charge in [-0.15, -0.1) is 0 Å². The molecule has 0 amide bonds. The molecule has 0 saturated heterocycles. The predicted molar refractivity (Wildman–Crippen MR) is 29.8 cm³/mol. The summed E-state index contributed by atoms with van der Waals surface area (Å²) in [4.78, 5) is 1.35. The van der Waals surface area contributed by atoms with Gasteiger partial charge in [0.1, 0.15) is 0 Å². The summed E-state index contributed by atoms with van der Waals surface area (Å²) in [6.07, 6.45) is 2.90. The van der Waals surface area contributed by atoms with Gasteiger partial charge < -0.3 is 4.90 Å². The Morgan fingerprint density at radius 2 is 2.29 bits per heavy atom. The summed E-state index contributed by atoms with van der Waals surface area (Å²) in [6.45, 7) is 1.28. The standard InChI is InChI=1S/C6H13N/c1-7(2)5-6-3-4-6/h6-7H,1,3-5H2,2H3. The molecule has 1 atom stereocenters. The van der Waals surface area contributed by atoms with Crippen LogP contribution in [0, 0.1) is 13.0 Å². The second-order valence-corrected chi connectivity index (χ2v) is 2.60. The number of hydrogen-bond acceptors (Lipinski definition) is 0. The van der Waals surface area contributed by atoms with Crippen molar-refractivity contribution >= 4 is 0 Å². The summed E-state index contributed by atoms with van der Waals surface area (Å²) in [5.41, 5.74) is 0. The monoisotopic (exact) mass is 99.1 g/mol. The molecular weight excluding hydrogens is 86.1 g/mol. The molecule has 0 aromatic carbocycles. The van der Waals surface area contributed by atoms with Crippen LogP contribution < -0.4 is 4.90 Å². The van der Waals surface area contributed by atoms with E-state index in [9.17, 15) is 0 Å². The molecule has 7 heavy (non-hydrogen) atoms. The van der Waals surface area contributed by atoms with Gasteiger partial charge in [0.05, 0.1) is 6.54 Å². The molecule has 1 heteroatoms. The summed E-state index contributed by atoms with van der Waals surface area (Å²) in [5, 5.41) is 0. The number of hydrogen-bond donors (Lipinski definition) is 1. The summed E-state index contributed by atoms with van der Waals surface area (Å²) < 4.78 is 0. The highest BCUT2D eigenvalue weighted by molar-refractivity contribution is 4.70. The highest BCUT2D eigenvalue weighted by Gasteiger charge is 2.22. The second kappa shape index (κ2) is 1.83. The molecule has 1 aliphatic rings. The SMILES string of the molecule is [CH2-][NH+](C)CC1CC1. The van der Waals surface area contributed by atoms with E-state index < -0.39 is 0 Å². The van der Waals surface area contributed by atoms with Gasteiger partial charge in [-0.25, -0.2) is 0 Å². The van der Waals surface area contributed by atoms with Gasteiger partial charge >= 0.3 is 0 Å². The van der Waals surface area contributed by atoms with E-state index in [0.29, 0.717) is 0 Å². The first-order valence-corrected chi connectivity index (χ1v) is 2.93. The van der Waals surface area contributed by atoms with E-state index in [1.165, 1.54) is 24.3 Å². The second-order valence-electron chi connectivity index (χ2n) is 2.60. The Balaban J connectivity index is 1.97. The van der Waals surface area contributed by atoms with Crippen LogP contribution in [0.5, 0.6) is 0 Å². The van der Waals surface area contributed by atoms with E-state index in [1.54, 1.807) is 0 Å². The van der Waals surface area contributed by atoms with E-state index >= 15 is 0 Å². The topological polar surface area (TPSA) is 4.44 Å². The molecule has 1 aliphatic carbocycles. The molecule has 0 aliphatic heterocycles. The fourth-order valence-corrected chi connectivity index (χ4v) is 0.815. The van der Waals surface area contributed by atoms with Crippen molar-refractivity contribution < 1.29 is 4.90 Å². The summed E-state index contributed by atoms with van der Waals surface area (Å²) in [7, 11) is 5.94. The molecule has 1 rings (SSSR count). The van der Waals surface area contributed by atoms with Gasteiger partial charge in [0, 0.05) is 13.0 Å². The van der Waals surface area contributed by atoms with Crippen LogP contribution in [-0.2, 0) is 0 Å². The van der Waals surface area contributed by atoms with Crippen LogP contribution in [0.15, 0.2) is 0 Å². The van der Waals surface area contributed by atoms with Crippen LogP contribution in [-0.4, -0.2) is 13.6 Å². The molecule has 1 N–H and O–H groups in total. The van der Waals surface area contributed by atoms with Crippen molar-refractivity contribution in [3.8, 4) is 0 Å². The van der Waals surface area contributed by atoms with Crippen LogP contribution >= 0.6 is 0 Å². The Morgan fingerprint density at radius 3 is 2.43 bits per heavy atom. The molecule has 0 aromatic rings. The van der Waals surface area contributed by atoms with Gasteiger partial charge in [-0.1, -0.05) is 0 Å². The zero-order chi connectivity index (χ0) is 5.28. The highest BCUT2D eigenvalue weighted by Crippen LogP contribution is 2.26. The molecule has 0 aromatic heterocycles. The lowest BCUT2D eigenvalue weighted by Gasteiger charge is -2.11. The van der Waals surface area contributed by atoms with Crippen LogP contribution in [0.4, 0.5) is 0 Å². The highest BCUT2D eigenvalue weighted by atomic mass is 15.1. The number of nitrogens with one attached hydrogen (secondary N) is 1. The van der Waals surface area contributed by atoms with Gasteiger partial charge in [0.2, 0.25) is 0 Å². The Morgan fingerprint density at radius 1 is 1.71 bits per heavy atom. The van der Waals surface area contributed by atoms with Crippen molar-refractivity contribution in [1.82, 2.24) is 0 Å². The molecule has 0 spiro atoms. The first-order chi connectivity index (χ1) is 3.29. The average molecular weight is 99.2 g/mol. The van der Waals surface area contributed by atoms with Gasteiger partial charge in [-0.3, -0.25) is 0 Å². The third-order valence-electron chi connectivity index (χ3n) is 1.33. The fraction of sp³-hybridized carbons (Fsp3) is 0.833. The molecule has 0 bridgehead atoms. The Labute approximate surface area is 45.3 Å². The van der Waals surface area contributed by atoms with Crippen molar-refractivity contribution in [2.24, 2.45) is 5.92 Å². The summed E-state index contributed by atoms with van der Waals surface area (Å²) in [6, 6.07) is 0. The smallest absolute Gasteiger partial charge is 0.0556 e. The molecule has 0 radical (unpaired) electrons. The Hall–Kier alpha value is -0.0400. The molecule has 1 fully saturated rings. The third kappa shape index (κ3) is 1.93. The molecule has 42 valence electrons. The largest absolute Gasteiger partial charge is 0.470 e. The van der Waals surface area contributed by atoms with Crippen LogP contribution in [0.25, 0.3) is 0 Å². The maximum atomic E-state index is 3.84. The Bertz CT molecular complexity index is 55.2. The molecule has 1 unspecified atom stereocenters. The minimum absolute atomic E-state index is 1.03. The van der Waals surface area contributed by atoms with E-state index in [0.717, 1.165) is 5.92 Å². The molecule has 1 nitrogen and oxygen atoms in total. The predicted octanol–water partition coefficient (Wildman–Crippen LogP) is -0.297. The van der Waals surface area contributed by atoms with Crippen molar-refractivity contribution in [2.45, 2.75) is 12.8 Å². The van der Waals surface area contributed by atoms with Crippen LogP contribution in [0.3, 0.4) is 0 Å². The molecular formula is C6H13N. The average Bonchev–Trinajstić information content (AvgIpc) is 2.17. The lowest BCUT2D eigenvalue weighted by atomic mass is 10.4. The maximum absolute atomic E-state index is 3.84. The quantitative estimate of drug-likeness (QED) is 0.453. The van der Waals surface area contributed by atoms with Crippen LogP contribution in [0.1, 0.15) is 12.8 Å². The van der Waals surface area contributed by atoms with E-state index in [2.05, 4.69) is 14.1 Å². The van der Waals surface area contributed by atoms with Gasteiger partial charge in [0.15, 0.2) is 0 Å². The lowest BCUT2D eigenvalue weighted by molar-refractivity contribution is -0.833. The van der Waals surface area contributed by atoms with Gasteiger partial charge in [-0.2, -0.15) is 7.05 Å². The first-order valence-electron chi connectivity index (χ1n) is 2.93. The molecule has 0 heterocycles. The van der Waals surface area contributed by atoms with Crippen molar-refractivity contribution in [3.63, 3.8) is 0 Å². The zero-order valence-corrected chi connectivity index (χ0v) is 4.91. The van der Waals surface area contributed by atoms with E-state index in [4.69, 9.17) is 0 Å². The Kier molecular flexibility index (Phi) is 1.33. The molecule has 1 saturated carbocycles. The van der Waals surface area contributed by atoms with E-state index in [-0.39, 0.29) is 0 Å². The van der Waals surface area contributed by atoms with Gasteiger partial charge in [-0.05, 0) is 12.8 Å². The number of quaternary nitrogens is 1. The lowest BCUT2D eigenvalue weighted by Crippen LogP contribution is -3.03. The number of rotatable bonds is 2. The summed E-state index contributed by atoms with van der Waals surface area (Å²) >= 11 is 0. The van der Waals surface area contributed by atoms with Crippen LogP contribution in [0.2, 0.25) is 0 Å². The minimum Gasteiger partial charge on any atom is -0.470 e.